The molecule has 3 unspecified atom stereocenters. The molecule has 1 aromatic heterocycles. The van der Waals surface area contributed by atoms with Crippen LogP contribution in [0.25, 0.3) is 72.9 Å². The third-order valence-electron chi connectivity index (χ3n) is 15.5. The molecular formula is C61H52N2. The van der Waals surface area contributed by atoms with Gasteiger partial charge in [0.05, 0.1) is 22.8 Å². The van der Waals surface area contributed by atoms with E-state index in [1.165, 1.54) is 59.9 Å². The minimum absolute atomic E-state index is 0.103. The van der Waals surface area contributed by atoms with Crippen LogP contribution in [0.15, 0.2) is 199 Å². The van der Waals surface area contributed by atoms with Crippen molar-refractivity contribution in [3.05, 3.63) is 210 Å². The predicted octanol–water partition coefficient (Wildman–Crippen LogP) is 15.8. The molecular weight excluding hydrogens is 761 g/mol. The Labute approximate surface area is 372 Å². The van der Waals surface area contributed by atoms with E-state index in [-0.39, 0.29) is 10.8 Å². The maximum Gasteiger partial charge on any atom is 0.0973 e. The second-order valence-corrected chi connectivity index (χ2v) is 19.2. The molecule has 5 aliphatic carbocycles. The van der Waals surface area contributed by atoms with Crippen LogP contribution in [0, 0.1) is 23.2 Å². The van der Waals surface area contributed by atoms with Gasteiger partial charge in [-0.25, -0.2) is 9.97 Å². The maximum absolute atomic E-state index is 5.56. The molecule has 0 amide bonds. The number of rotatable bonds is 6. The number of hydrogen-bond donors (Lipinski definition) is 0. The lowest BCUT2D eigenvalue weighted by atomic mass is 9.64. The van der Waals surface area contributed by atoms with Crippen molar-refractivity contribution < 1.29 is 0 Å². The lowest BCUT2D eigenvalue weighted by Gasteiger charge is -2.39. The molecule has 2 nitrogen and oxygen atoms in total. The zero-order valence-corrected chi connectivity index (χ0v) is 36.3. The molecule has 2 fully saturated rings. The van der Waals surface area contributed by atoms with Crippen LogP contribution >= 0.6 is 0 Å². The summed E-state index contributed by atoms with van der Waals surface area (Å²) < 4.78 is 0. The Balaban J connectivity index is 0.988. The maximum atomic E-state index is 5.56. The van der Waals surface area contributed by atoms with E-state index in [1.54, 1.807) is 16.7 Å². The average molecular weight is 813 g/mol. The van der Waals surface area contributed by atoms with Gasteiger partial charge in [0.1, 0.15) is 0 Å². The van der Waals surface area contributed by atoms with Gasteiger partial charge in [0.25, 0.3) is 0 Å². The summed E-state index contributed by atoms with van der Waals surface area (Å²) in [6.45, 7) is 5.07. The lowest BCUT2D eigenvalue weighted by Crippen LogP contribution is -2.31. The van der Waals surface area contributed by atoms with E-state index in [0.29, 0.717) is 17.8 Å². The number of aromatic nitrogens is 2. The molecule has 2 saturated carbocycles. The van der Waals surface area contributed by atoms with Crippen molar-refractivity contribution in [2.75, 3.05) is 0 Å². The Bertz CT molecular complexity index is 3030. The van der Waals surface area contributed by atoms with Crippen molar-refractivity contribution in [1.29, 1.82) is 0 Å². The zero-order valence-electron chi connectivity index (χ0n) is 36.3. The average Bonchev–Trinajstić information content (AvgIpc) is 3.74. The zero-order chi connectivity index (χ0) is 42.1. The molecule has 7 aromatic rings. The number of nitrogens with zero attached hydrogens (tertiary/aromatic N) is 2. The highest BCUT2D eigenvalue weighted by Crippen LogP contribution is 2.66. The van der Waals surface area contributed by atoms with Crippen LogP contribution in [0.3, 0.4) is 0 Å². The van der Waals surface area contributed by atoms with E-state index in [4.69, 9.17) is 9.97 Å². The molecule has 6 aromatic carbocycles. The van der Waals surface area contributed by atoms with Gasteiger partial charge in [0, 0.05) is 33.6 Å². The van der Waals surface area contributed by atoms with E-state index in [0.717, 1.165) is 57.0 Å². The Morgan fingerprint density at radius 3 is 1.65 bits per heavy atom. The van der Waals surface area contributed by atoms with Crippen LogP contribution in [0.2, 0.25) is 0 Å². The van der Waals surface area contributed by atoms with Gasteiger partial charge >= 0.3 is 0 Å². The summed E-state index contributed by atoms with van der Waals surface area (Å²) in [6, 6.07) is 56.9. The summed E-state index contributed by atoms with van der Waals surface area (Å²) in [7, 11) is 0. The molecule has 5 aliphatic rings. The normalized spacial score (nSPS) is 21.1. The van der Waals surface area contributed by atoms with Crippen LogP contribution in [0.5, 0.6) is 0 Å². The molecule has 3 atom stereocenters. The van der Waals surface area contributed by atoms with Gasteiger partial charge in [0.15, 0.2) is 0 Å². The number of fused-ring (bicyclic) bond motifs is 8. The predicted molar refractivity (Wildman–Crippen MR) is 262 cm³/mol. The third kappa shape index (κ3) is 6.13. The van der Waals surface area contributed by atoms with E-state index < -0.39 is 0 Å². The Kier molecular flexibility index (Phi) is 9.08. The van der Waals surface area contributed by atoms with Gasteiger partial charge in [0.2, 0.25) is 0 Å². The fourth-order valence-corrected chi connectivity index (χ4v) is 12.4. The molecule has 1 heterocycles. The summed E-state index contributed by atoms with van der Waals surface area (Å²) in [5, 5.41) is 0. The number of benzene rings is 6. The van der Waals surface area contributed by atoms with Crippen molar-refractivity contribution in [2.24, 2.45) is 23.2 Å². The Morgan fingerprint density at radius 1 is 0.508 bits per heavy atom. The lowest BCUT2D eigenvalue weighted by molar-refractivity contribution is 0.218. The van der Waals surface area contributed by atoms with Crippen molar-refractivity contribution in [2.45, 2.75) is 57.8 Å². The first-order valence-corrected chi connectivity index (χ1v) is 23.2. The molecule has 0 N–H and O–H groups in total. The molecule has 2 heteroatoms. The Hall–Kier alpha value is -6.64. The Morgan fingerprint density at radius 2 is 1.03 bits per heavy atom. The van der Waals surface area contributed by atoms with Crippen molar-refractivity contribution >= 4 is 5.57 Å². The first-order valence-electron chi connectivity index (χ1n) is 23.2. The van der Waals surface area contributed by atoms with Crippen molar-refractivity contribution in [3.8, 4) is 67.3 Å². The smallest absolute Gasteiger partial charge is 0.0973 e. The molecule has 0 saturated heterocycles. The fourth-order valence-electron chi connectivity index (χ4n) is 12.4. The summed E-state index contributed by atoms with van der Waals surface area (Å²) in [6.07, 6.45) is 20.3. The highest BCUT2D eigenvalue weighted by Gasteiger charge is 2.55. The second-order valence-electron chi connectivity index (χ2n) is 19.2. The van der Waals surface area contributed by atoms with Crippen LogP contribution in [0.4, 0.5) is 0 Å². The van der Waals surface area contributed by atoms with Crippen LogP contribution in [0.1, 0.15) is 63.5 Å². The standard InChI is InChI=1S/C61H52N2/c1-60(2)51-32-14-13-30-48(51)49-38-54-50(39-53(49)60)55-47(31-19-33-52(55)61(54)34-15-6-16-35-61)45-28-17-26-43(36-45)44-27-18-29-46(37-44)59-58(42-24-11-5-12-25-42)62-56(40-20-7-3-8-21-40)57(63-59)41-22-9-4-10-23-41/h3-5,7-14,17-31,33,36-39,49,51,53H,6,15-16,32,34-35H2,1-2H3. The number of allylic oxidation sites excluding steroid dienone is 8. The quantitative estimate of drug-likeness (QED) is 0.167. The van der Waals surface area contributed by atoms with Crippen LogP contribution < -0.4 is 0 Å². The van der Waals surface area contributed by atoms with Crippen LogP contribution in [-0.2, 0) is 5.41 Å². The van der Waals surface area contributed by atoms with Gasteiger partial charge in [-0.15, -0.1) is 0 Å². The van der Waals surface area contributed by atoms with Gasteiger partial charge in [-0.3, -0.25) is 0 Å². The molecule has 12 rings (SSSR count). The summed E-state index contributed by atoms with van der Waals surface area (Å²) in [4.78, 5) is 11.1. The van der Waals surface area contributed by atoms with E-state index in [1.807, 2.05) is 0 Å². The summed E-state index contributed by atoms with van der Waals surface area (Å²) in [5.74, 6) is 1.59. The molecule has 0 aliphatic heterocycles. The topological polar surface area (TPSA) is 25.8 Å². The molecule has 306 valence electrons. The molecule has 0 radical (unpaired) electrons. The largest absolute Gasteiger partial charge is 0.243 e. The highest BCUT2D eigenvalue weighted by molar-refractivity contribution is 5.98. The van der Waals surface area contributed by atoms with Gasteiger partial charge in [-0.2, -0.15) is 0 Å². The third-order valence-corrected chi connectivity index (χ3v) is 15.5. The van der Waals surface area contributed by atoms with E-state index >= 15 is 0 Å². The van der Waals surface area contributed by atoms with Crippen molar-refractivity contribution in [3.63, 3.8) is 0 Å². The van der Waals surface area contributed by atoms with Gasteiger partial charge < -0.3 is 0 Å². The fraction of sp³-hybridized carbons (Fsp3) is 0.213. The summed E-state index contributed by atoms with van der Waals surface area (Å²) >= 11 is 0. The van der Waals surface area contributed by atoms with E-state index in [2.05, 4.69) is 202 Å². The monoisotopic (exact) mass is 812 g/mol. The minimum Gasteiger partial charge on any atom is -0.243 e. The van der Waals surface area contributed by atoms with Crippen LogP contribution in [-0.4, -0.2) is 9.97 Å². The molecule has 63 heavy (non-hydrogen) atoms. The first-order chi connectivity index (χ1) is 31.0. The van der Waals surface area contributed by atoms with Gasteiger partial charge in [-0.05, 0) is 93.2 Å². The molecule has 1 spiro atoms. The van der Waals surface area contributed by atoms with Gasteiger partial charge in [-0.1, -0.05) is 215 Å². The first kappa shape index (κ1) is 38.1. The van der Waals surface area contributed by atoms with Crippen molar-refractivity contribution in [1.82, 2.24) is 9.97 Å². The van der Waals surface area contributed by atoms with E-state index in [9.17, 15) is 0 Å². The molecule has 0 bridgehead atoms. The SMILES string of the molecule is CC1(C)C2CC=CC=C2C2C=C3C(=CC21)c1c(-c2cccc(-c4cccc(-c5nc(-c6ccccc6)c(-c6ccccc6)nc5-c5ccccc5)c4)c2)cccc1C31CCCCC1. The second kappa shape index (κ2) is 15.0. The highest BCUT2D eigenvalue weighted by atomic mass is 14.9. The minimum atomic E-state index is 0.103. The summed E-state index contributed by atoms with van der Waals surface area (Å²) in [5.41, 5.74) is 20.9. The number of hydrogen-bond acceptors (Lipinski definition) is 2.